The number of amides is 3. The smallest absolute Gasteiger partial charge is 0.326 e. The zero-order valence-corrected chi connectivity index (χ0v) is 24.7. The molecule has 2 aromatic rings. The average molecular weight is 571 g/mol. The Morgan fingerprint density at radius 1 is 1.18 bits per heavy atom. The highest BCUT2D eigenvalue weighted by Gasteiger charge is 2.35. The van der Waals surface area contributed by atoms with Crippen LogP contribution in [0.25, 0.3) is 10.8 Å². The van der Waals surface area contributed by atoms with Crippen molar-refractivity contribution in [3.05, 3.63) is 48.0 Å². The fraction of sp³-hybridized carbons (Fsp3) is 0.533. The lowest BCUT2D eigenvalue weighted by molar-refractivity contribution is -0.142. The van der Waals surface area contributed by atoms with Gasteiger partial charge in [-0.05, 0) is 47.1 Å². The number of nitrogens with zero attached hydrogens (tertiary/aromatic N) is 2. The number of likely N-dealkylation sites (N-methyl/N-ethyl adjacent to an activating group) is 1. The van der Waals surface area contributed by atoms with Crippen LogP contribution in [0.2, 0.25) is 0 Å². The number of nitrogens with one attached hydrogen (secondary N) is 2. The summed E-state index contributed by atoms with van der Waals surface area (Å²) in [7, 11) is 1.77. The first-order valence-corrected chi connectivity index (χ1v) is 15.3. The zero-order chi connectivity index (χ0) is 29.2. The molecule has 3 N–H and O–H groups in total. The minimum atomic E-state index is -1.05. The molecule has 40 heavy (non-hydrogen) atoms. The lowest BCUT2D eigenvalue weighted by atomic mass is 9.96. The van der Waals surface area contributed by atoms with Crippen molar-refractivity contribution in [2.24, 2.45) is 5.92 Å². The van der Waals surface area contributed by atoms with Crippen molar-refractivity contribution >= 4 is 46.2 Å². The van der Waals surface area contributed by atoms with E-state index in [1.165, 1.54) is 11.8 Å². The lowest BCUT2D eigenvalue weighted by Crippen LogP contribution is -2.54. The average Bonchev–Trinajstić information content (AvgIpc) is 3.38. The summed E-state index contributed by atoms with van der Waals surface area (Å²) in [5.74, 6) is -0.919. The van der Waals surface area contributed by atoms with E-state index in [9.17, 15) is 24.3 Å². The van der Waals surface area contributed by atoms with E-state index in [0.717, 1.165) is 22.8 Å². The Kier molecular flexibility index (Phi) is 11.8. The third-order valence-electron chi connectivity index (χ3n) is 7.77. The first kappa shape index (κ1) is 31.4. The molecule has 3 rings (SSSR count). The van der Waals surface area contributed by atoms with Crippen LogP contribution < -0.4 is 10.6 Å². The van der Waals surface area contributed by atoms with Crippen molar-refractivity contribution in [1.29, 1.82) is 0 Å². The molecule has 1 aliphatic heterocycles. The molecule has 2 aromatic carbocycles. The van der Waals surface area contributed by atoms with Gasteiger partial charge < -0.3 is 20.6 Å². The summed E-state index contributed by atoms with van der Waals surface area (Å²) in [6.07, 6.45) is 3.88. The molecular weight excluding hydrogens is 528 g/mol. The molecule has 4 atom stereocenters. The molecule has 3 amide bonds. The highest BCUT2D eigenvalue weighted by atomic mass is 32.2. The fourth-order valence-corrected chi connectivity index (χ4v) is 5.69. The molecule has 0 radical (unpaired) electrons. The summed E-state index contributed by atoms with van der Waals surface area (Å²) in [6.45, 7) is 5.00. The van der Waals surface area contributed by atoms with Crippen molar-refractivity contribution in [2.45, 2.75) is 64.2 Å². The maximum atomic E-state index is 13.4. The van der Waals surface area contributed by atoms with Gasteiger partial charge in [-0.3, -0.25) is 19.3 Å². The maximum Gasteiger partial charge on any atom is 0.326 e. The number of fused-ring (bicyclic) bond motifs is 1. The predicted molar refractivity (Wildman–Crippen MR) is 159 cm³/mol. The van der Waals surface area contributed by atoms with Crippen molar-refractivity contribution in [1.82, 2.24) is 20.4 Å². The molecular formula is C30H42N4O5S. The first-order chi connectivity index (χ1) is 19.1. The third-order valence-corrected chi connectivity index (χ3v) is 8.41. The van der Waals surface area contributed by atoms with Gasteiger partial charge >= 0.3 is 5.97 Å². The minimum Gasteiger partial charge on any atom is -0.480 e. The van der Waals surface area contributed by atoms with E-state index in [2.05, 4.69) is 30.5 Å². The van der Waals surface area contributed by atoms with Crippen LogP contribution in [0.5, 0.6) is 0 Å². The number of hydrogen-bond acceptors (Lipinski definition) is 6. The van der Waals surface area contributed by atoms with Gasteiger partial charge in [0.2, 0.25) is 17.7 Å². The summed E-state index contributed by atoms with van der Waals surface area (Å²) >= 11 is 1.53. The van der Waals surface area contributed by atoms with E-state index in [1.807, 2.05) is 47.6 Å². The molecule has 0 aromatic heterocycles. The van der Waals surface area contributed by atoms with Crippen LogP contribution in [0.4, 0.5) is 0 Å². The molecule has 0 aliphatic carbocycles. The van der Waals surface area contributed by atoms with Gasteiger partial charge in [-0.1, -0.05) is 62.7 Å². The van der Waals surface area contributed by atoms with Crippen LogP contribution >= 0.6 is 11.8 Å². The summed E-state index contributed by atoms with van der Waals surface area (Å²) in [5.41, 5.74) is 1.04. The van der Waals surface area contributed by atoms with Crippen molar-refractivity contribution in [2.75, 3.05) is 32.1 Å². The van der Waals surface area contributed by atoms with Gasteiger partial charge in [0.1, 0.15) is 12.1 Å². The number of aliphatic carboxylic acids is 1. The minimum absolute atomic E-state index is 0.0125. The van der Waals surface area contributed by atoms with E-state index in [4.69, 9.17) is 0 Å². The number of carbonyl (C=O) groups is 4. The number of benzene rings is 2. The monoisotopic (exact) mass is 570 g/mol. The largest absolute Gasteiger partial charge is 0.480 e. The van der Waals surface area contributed by atoms with Crippen LogP contribution in [-0.2, 0) is 25.7 Å². The van der Waals surface area contributed by atoms with Gasteiger partial charge in [-0.15, -0.1) is 0 Å². The Bertz CT molecular complexity index is 1190. The molecule has 0 unspecified atom stereocenters. The van der Waals surface area contributed by atoms with Crippen LogP contribution in [-0.4, -0.2) is 88.9 Å². The second-order valence-electron chi connectivity index (χ2n) is 10.6. The molecule has 0 bridgehead atoms. The first-order valence-electron chi connectivity index (χ1n) is 13.9. The standard InChI is InChI=1S/C30H42N4O5S/c1-5-20(2)26(33(3)29(37)24-13-14-27(35)31-24)18-34(19-28(36)32-25(30(38)39)15-16-40-4)17-22-11-8-10-21-9-6-7-12-23(21)22/h6-12,20,24-26H,5,13-19H2,1-4H3,(H,31,35)(H,32,36)(H,38,39)/t20-,24-,25-,26+/m0/s1. The van der Waals surface area contributed by atoms with Crippen molar-refractivity contribution in [3.8, 4) is 0 Å². The Hall–Kier alpha value is -3.11. The Labute approximate surface area is 241 Å². The van der Waals surface area contributed by atoms with E-state index < -0.39 is 18.1 Å². The van der Waals surface area contributed by atoms with Gasteiger partial charge in [0, 0.05) is 32.6 Å². The quantitative estimate of drug-likeness (QED) is 0.301. The van der Waals surface area contributed by atoms with Gasteiger partial charge in [-0.25, -0.2) is 4.79 Å². The van der Waals surface area contributed by atoms with Gasteiger partial charge in [0.05, 0.1) is 6.54 Å². The molecule has 218 valence electrons. The Morgan fingerprint density at radius 3 is 2.55 bits per heavy atom. The number of thioether (sulfide) groups is 1. The predicted octanol–water partition coefficient (Wildman–Crippen LogP) is 3.12. The van der Waals surface area contributed by atoms with E-state index in [-0.39, 0.29) is 36.2 Å². The van der Waals surface area contributed by atoms with Crippen LogP contribution in [0.3, 0.4) is 0 Å². The maximum absolute atomic E-state index is 13.4. The van der Waals surface area contributed by atoms with Crippen molar-refractivity contribution < 1.29 is 24.3 Å². The van der Waals surface area contributed by atoms with Gasteiger partial charge in [0.25, 0.3) is 0 Å². The van der Waals surface area contributed by atoms with Gasteiger partial charge in [0.15, 0.2) is 0 Å². The molecule has 9 nitrogen and oxygen atoms in total. The zero-order valence-electron chi connectivity index (χ0n) is 23.9. The highest BCUT2D eigenvalue weighted by molar-refractivity contribution is 7.98. The summed E-state index contributed by atoms with van der Waals surface area (Å²) in [5, 5.41) is 17.3. The second-order valence-corrected chi connectivity index (χ2v) is 11.6. The summed E-state index contributed by atoms with van der Waals surface area (Å²) in [4.78, 5) is 53.8. The van der Waals surface area contributed by atoms with E-state index in [1.54, 1.807) is 11.9 Å². The van der Waals surface area contributed by atoms with Gasteiger partial charge in [-0.2, -0.15) is 11.8 Å². The second kappa shape index (κ2) is 15.0. The van der Waals surface area contributed by atoms with Crippen LogP contribution in [0.15, 0.2) is 42.5 Å². The number of hydrogen-bond donors (Lipinski definition) is 3. The summed E-state index contributed by atoms with van der Waals surface area (Å²) in [6, 6.07) is 12.4. The molecule has 10 heteroatoms. The number of rotatable bonds is 15. The summed E-state index contributed by atoms with van der Waals surface area (Å²) < 4.78 is 0. The topological polar surface area (TPSA) is 119 Å². The van der Waals surface area contributed by atoms with E-state index in [0.29, 0.717) is 38.1 Å². The number of carboxylic acid groups (broad SMARTS) is 1. The molecule has 1 aliphatic rings. The number of carboxylic acids is 1. The lowest BCUT2D eigenvalue weighted by Gasteiger charge is -2.38. The normalized spacial score (nSPS) is 17.3. The molecule has 0 saturated carbocycles. The fourth-order valence-electron chi connectivity index (χ4n) is 5.22. The Morgan fingerprint density at radius 2 is 1.90 bits per heavy atom. The highest BCUT2D eigenvalue weighted by Crippen LogP contribution is 2.23. The number of carbonyl (C=O) groups excluding carboxylic acids is 3. The molecule has 1 heterocycles. The molecule has 1 saturated heterocycles. The van der Waals surface area contributed by atoms with Crippen molar-refractivity contribution in [3.63, 3.8) is 0 Å². The molecule has 0 spiro atoms. The molecule has 1 fully saturated rings. The SMILES string of the molecule is CC[C@H](C)[C@@H](CN(CC(=O)N[C@@H](CCSC)C(=O)O)Cc1cccc2ccccc12)N(C)C(=O)[C@@H]1CCC(=O)N1. The van der Waals surface area contributed by atoms with E-state index >= 15 is 0 Å². The van der Waals surface area contributed by atoms with Crippen LogP contribution in [0, 0.1) is 5.92 Å². The Balaban J connectivity index is 1.87. The van der Waals surface area contributed by atoms with Crippen LogP contribution in [0.1, 0.15) is 45.1 Å². The third kappa shape index (κ3) is 8.44.